The molecule has 0 aliphatic heterocycles. The van der Waals surface area contributed by atoms with Gasteiger partial charge in [0.1, 0.15) is 22.4 Å². The molecular weight excluding hydrogens is 487 g/mol. The van der Waals surface area contributed by atoms with Gasteiger partial charge in [0.05, 0.1) is 18.9 Å². The number of hydrogen-bond acceptors (Lipinski definition) is 8. The van der Waals surface area contributed by atoms with Crippen LogP contribution in [0.5, 0.6) is 11.9 Å². The molecule has 196 valence electrons. The number of nitrogen functional groups attached to an aromatic ring is 1. The fraction of sp³-hybridized carbons (Fsp3) is 0.435. The largest absolute Gasteiger partial charge is 0.474 e. The van der Waals surface area contributed by atoms with Gasteiger partial charge in [0, 0.05) is 30.6 Å². The first-order valence-electron chi connectivity index (χ1n) is 11.2. The molecule has 0 spiro atoms. The van der Waals surface area contributed by atoms with Crippen molar-refractivity contribution < 1.29 is 31.4 Å². The Labute approximate surface area is 204 Å². The van der Waals surface area contributed by atoms with Crippen molar-refractivity contribution in [2.75, 3.05) is 38.3 Å². The minimum atomic E-state index is -3.05. The molecule has 1 unspecified atom stereocenters. The van der Waals surface area contributed by atoms with Gasteiger partial charge in [-0.3, -0.25) is 0 Å². The Kier molecular flexibility index (Phi) is 8.66. The summed E-state index contributed by atoms with van der Waals surface area (Å²) in [7, 11) is 3.03. The number of ether oxygens (including phenoxy) is 2. The van der Waals surface area contributed by atoms with Gasteiger partial charge in [-0.1, -0.05) is 6.92 Å². The van der Waals surface area contributed by atoms with E-state index in [1.54, 1.807) is 14.0 Å². The SMILES string of the molecule is CCC(C)Oc1nc(-c2cc(N)c(F)c(F)c2CC(F)F)c(F)c2nc(OC)nc(NCCNC)c12. The van der Waals surface area contributed by atoms with Crippen LogP contribution in [-0.4, -0.2) is 54.7 Å². The third-order valence-corrected chi connectivity index (χ3v) is 5.42. The van der Waals surface area contributed by atoms with Crippen LogP contribution in [0.1, 0.15) is 25.8 Å². The van der Waals surface area contributed by atoms with E-state index in [-0.39, 0.29) is 28.6 Å². The number of alkyl halides is 2. The van der Waals surface area contributed by atoms with Crippen LogP contribution in [0.3, 0.4) is 0 Å². The third-order valence-electron chi connectivity index (χ3n) is 5.42. The Bertz CT molecular complexity index is 1240. The Morgan fingerprint density at radius 1 is 1.06 bits per heavy atom. The van der Waals surface area contributed by atoms with Crippen molar-refractivity contribution in [3.63, 3.8) is 0 Å². The molecule has 3 rings (SSSR count). The summed E-state index contributed by atoms with van der Waals surface area (Å²) in [5.74, 6) is -4.19. The van der Waals surface area contributed by atoms with Crippen molar-refractivity contribution in [2.24, 2.45) is 0 Å². The zero-order chi connectivity index (χ0) is 26.6. The second kappa shape index (κ2) is 11.5. The molecule has 0 amide bonds. The number of nitrogens with one attached hydrogen (secondary N) is 2. The van der Waals surface area contributed by atoms with E-state index in [4.69, 9.17) is 15.2 Å². The second-order valence-electron chi connectivity index (χ2n) is 7.94. The molecule has 0 fully saturated rings. The second-order valence-corrected chi connectivity index (χ2v) is 7.94. The number of hydrogen-bond donors (Lipinski definition) is 3. The predicted octanol–water partition coefficient (Wildman–Crippen LogP) is 4.32. The van der Waals surface area contributed by atoms with Gasteiger partial charge in [0.15, 0.2) is 17.5 Å². The first-order chi connectivity index (χ1) is 17.1. The van der Waals surface area contributed by atoms with Gasteiger partial charge >= 0.3 is 6.01 Å². The van der Waals surface area contributed by atoms with E-state index in [0.29, 0.717) is 19.5 Å². The maximum absolute atomic E-state index is 16.0. The minimum absolute atomic E-state index is 0.0689. The van der Waals surface area contributed by atoms with E-state index >= 15 is 4.39 Å². The Balaban J connectivity index is 2.40. The molecule has 13 heteroatoms. The van der Waals surface area contributed by atoms with Crippen LogP contribution in [0.2, 0.25) is 0 Å². The molecular formula is C23H27F5N6O2. The summed E-state index contributed by atoms with van der Waals surface area (Å²) < 4.78 is 82.4. The highest BCUT2D eigenvalue weighted by atomic mass is 19.3. The summed E-state index contributed by atoms with van der Waals surface area (Å²) in [5, 5.41) is 6.06. The molecule has 0 aliphatic rings. The standard InChI is InChI=1S/C23H27F5N6O2/c1-5-10(2)36-22-15-20(33-23(35-4)34-21(15)31-7-6-30-3)18(28)19(32-22)12-8-13(29)17(27)16(26)11(12)9-14(24)25/h8,10,14,30H,5-7,9,29H2,1-4H3,(H,31,33,34). The molecule has 1 atom stereocenters. The smallest absolute Gasteiger partial charge is 0.318 e. The summed E-state index contributed by atoms with van der Waals surface area (Å²) in [4.78, 5) is 12.5. The summed E-state index contributed by atoms with van der Waals surface area (Å²) in [6, 6.07) is 0.669. The fourth-order valence-electron chi connectivity index (χ4n) is 3.43. The predicted molar refractivity (Wildman–Crippen MR) is 126 cm³/mol. The molecule has 4 N–H and O–H groups in total. The van der Waals surface area contributed by atoms with Crippen molar-refractivity contribution in [3.8, 4) is 23.1 Å². The molecule has 2 heterocycles. The molecule has 2 aromatic heterocycles. The van der Waals surface area contributed by atoms with Crippen LogP contribution < -0.4 is 25.8 Å². The molecule has 0 saturated carbocycles. The highest BCUT2D eigenvalue weighted by Gasteiger charge is 2.28. The zero-order valence-electron chi connectivity index (χ0n) is 20.2. The lowest BCUT2D eigenvalue weighted by Crippen LogP contribution is -2.19. The maximum atomic E-state index is 16.0. The van der Waals surface area contributed by atoms with Crippen LogP contribution >= 0.6 is 0 Å². The van der Waals surface area contributed by atoms with Gasteiger partial charge < -0.3 is 25.8 Å². The molecule has 0 radical (unpaired) electrons. The van der Waals surface area contributed by atoms with E-state index < -0.39 is 58.9 Å². The van der Waals surface area contributed by atoms with E-state index in [2.05, 4.69) is 25.6 Å². The van der Waals surface area contributed by atoms with E-state index in [0.717, 1.165) is 6.07 Å². The highest BCUT2D eigenvalue weighted by Crippen LogP contribution is 2.40. The molecule has 0 saturated heterocycles. The molecule has 8 nitrogen and oxygen atoms in total. The number of pyridine rings is 1. The van der Waals surface area contributed by atoms with Gasteiger partial charge in [-0.15, -0.1) is 0 Å². The van der Waals surface area contributed by atoms with Crippen molar-refractivity contribution in [2.45, 2.75) is 39.2 Å². The van der Waals surface area contributed by atoms with Crippen molar-refractivity contribution in [1.82, 2.24) is 20.3 Å². The molecule has 0 aliphatic carbocycles. The molecule has 3 aromatic rings. The minimum Gasteiger partial charge on any atom is -0.474 e. The summed E-state index contributed by atoms with van der Waals surface area (Å²) in [5.41, 5.74) is 2.75. The Hall–Kier alpha value is -3.48. The normalized spacial score (nSPS) is 12.3. The average molecular weight is 514 g/mol. The van der Waals surface area contributed by atoms with E-state index in [1.807, 2.05) is 6.92 Å². The number of nitrogens with zero attached hydrogens (tertiary/aromatic N) is 3. The third kappa shape index (κ3) is 5.50. The summed E-state index contributed by atoms with van der Waals surface area (Å²) >= 11 is 0. The lowest BCUT2D eigenvalue weighted by atomic mass is 9.98. The zero-order valence-corrected chi connectivity index (χ0v) is 20.2. The van der Waals surface area contributed by atoms with Crippen LogP contribution in [-0.2, 0) is 6.42 Å². The molecule has 36 heavy (non-hydrogen) atoms. The van der Waals surface area contributed by atoms with Crippen molar-refractivity contribution in [1.29, 1.82) is 0 Å². The molecule has 0 bridgehead atoms. The molecule has 1 aromatic carbocycles. The van der Waals surface area contributed by atoms with Crippen LogP contribution in [0, 0.1) is 17.5 Å². The van der Waals surface area contributed by atoms with Gasteiger partial charge in [-0.2, -0.15) is 9.97 Å². The van der Waals surface area contributed by atoms with E-state index in [9.17, 15) is 17.6 Å². The van der Waals surface area contributed by atoms with Gasteiger partial charge in [-0.25, -0.2) is 26.9 Å². The summed E-state index contributed by atoms with van der Waals surface area (Å²) in [6.45, 7) is 4.51. The quantitative estimate of drug-likeness (QED) is 0.197. The number of rotatable bonds is 11. The van der Waals surface area contributed by atoms with Gasteiger partial charge in [0.25, 0.3) is 0 Å². The first kappa shape index (κ1) is 27.1. The average Bonchev–Trinajstić information content (AvgIpc) is 2.85. The van der Waals surface area contributed by atoms with E-state index in [1.165, 1.54) is 7.11 Å². The number of benzene rings is 1. The fourth-order valence-corrected chi connectivity index (χ4v) is 3.43. The monoisotopic (exact) mass is 514 g/mol. The van der Waals surface area contributed by atoms with Gasteiger partial charge in [-0.05, 0) is 26.5 Å². The number of methoxy groups -OCH3 is 1. The van der Waals surface area contributed by atoms with Crippen LogP contribution in [0.15, 0.2) is 6.07 Å². The number of nitrogens with two attached hydrogens (primary N) is 1. The maximum Gasteiger partial charge on any atom is 0.318 e. The number of likely N-dealkylation sites (N-methyl/N-ethyl adjacent to an activating group) is 1. The lowest BCUT2D eigenvalue weighted by Gasteiger charge is -2.19. The summed E-state index contributed by atoms with van der Waals surface area (Å²) in [6.07, 6.45) is -4.10. The lowest BCUT2D eigenvalue weighted by molar-refractivity contribution is 0.147. The Morgan fingerprint density at radius 2 is 1.78 bits per heavy atom. The van der Waals surface area contributed by atoms with Crippen molar-refractivity contribution >= 4 is 22.4 Å². The number of aromatic nitrogens is 3. The van der Waals surface area contributed by atoms with Crippen molar-refractivity contribution in [3.05, 3.63) is 29.1 Å². The number of halogens is 5. The van der Waals surface area contributed by atoms with Gasteiger partial charge in [0.2, 0.25) is 12.3 Å². The van der Waals surface area contributed by atoms with Crippen LogP contribution in [0.4, 0.5) is 33.5 Å². The van der Waals surface area contributed by atoms with Crippen LogP contribution in [0.25, 0.3) is 22.2 Å². The highest BCUT2D eigenvalue weighted by molar-refractivity contribution is 5.96. The Morgan fingerprint density at radius 3 is 2.39 bits per heavy atom. The number of anilines is 2. The number of fused-ring (bicyclic) bond motifs is 1. The topological polar surface area (TPSA) is 107 Å². The first-order valence-corrected chi connectivity index (χ1v) is 11.2.